The number of H-pyrrole nitrogens is 1. The van der Waals surface area contributed by atoms with Gasteiger partial charge in [-0.2, -0.15) is 9.78 Å². The second kappa shape index (κ2) is 7.30. The van der Waals surface area contributed by atoms with E-state index in [1.165, 1.54) is 18.2 Å². The summed E-state index contributed by atoms with van der Waals surface area (Å²) in [6.07, 6.45) is 0.962. The molecular weight excluding hydrogens is 393 g/mol. The van der Waals surface area contributed by atoms with Crippen LogP contribution < -0.4 is 16.0 Å². The number of ether oxygens (including phenoxy) is 1. The quantitative estimate of drug-likeness (QED) is 0.688. The van der Waals surface area contributed by atoms with Gasteiger partial charge in [-0.05, 0) is 42.8 Å². The van der Waals surface area contributed by atoms with E-state index in [9.17, 15) is 14.7 Å². The first-order valence-corrected chi connectivity index (χ1v) is 8.36. The molecule has 0 unspecified atom stereocenters. The van der Waals surface area contributed by atoms with Crippen LogP contribution in [0.3, 0.4) is 0 Å². The number of nitrogens with zero attached hydrogens (tertiary/aromatic N) is 2. The molecule has 3 rings (SSSR count). The number of rotatable bonds is 4. The van der Waals surface area contributed by atoms with E-state index in [0.717, 1.165) is 10.9 Å². The minimum atomic E-state index is -0.729. The van der Waals surface area contributed by atoms with Crippen LogP contribution in [0.25, 0.3) is 11.3 Å². The van der Waals surface area contributed by atoms with E-state index in [0.29, 0.717) is 16.9 Å². The van der Waals surface area contributed by atoms with Crippen LogP contribution in [0.5, 0.6) is 17.2 Å². The molecule has 1 aromatic heterocycles. The lowest BCUT2D eigenvalue weighted by Gasteiger charge is -2.13. The number of hydrogen-bond acceptors (Lipinski definition) is 5. The maximum absolute atomic E-state index is 11.9. The summed E-state index contributed by atoms with van der Waals surface area (Å²) in [5.41, 5.74) is 0.100. The third-order valence-electron chi connectivity index (χ3n) is 3.59. The van der Waals surface area contributed by atoms with Crippen molar-refractivity contribution in [1.82, 2.24) is 14.8 Å². The molecule has 3 aromatic rings. The molecule has 0 saturated carbocycles. The zero-order valence-electron chi connectivity index (χ0n) is 14.0. The van der Waals surface area contributed by atoms with Crippen LogP contribution in [0.4, 0.5) is 0 Å². The standard InChI is InChI=1S/C18H13Cl2N3O4/c1-9(2)12-7-11(3-4-15(12)24)27-17-13(19)5-10(6-14(17)20)23-18(26)22-16(25)8-21-23/h3-8,24H,1H2,2H3,(H,22,25,26). The number of hydrogen-bond donors (Lipinski definition) is 2. The lowest BCUT2D eigenvalue weighted by atomic mass is 10.1. The maximum Gasteiger partial charge on any atom is 0.349 e. The van der Waals surface area contributed by atoms with E-state index in [4.69, 9.17) is 27.9 Å². The zero-order chi connectivity index (χ0) is 19.7. The number of nitrogens with one attached hydrogen (secondary N) is 1. The first kappa shape index (κ1) is 18.8. The van der Waals surface area contributed by atoms with Crippen LogP contribution in [0.1, 0.15) is 12.5 Å². The molecule has 0 aliphatic heterocycles. The van der Waals surface area contributed by atoms with Gasteiger partial charge in [0.05, 0.1) is 15.7 Å². The highest BCUT2D eigenvalue weighted by Crippen LogP contribution is 2.39. The summed E-state index contributed by atoms with van der Waals surface area (Å²) < 4.78 is 6.69. The number of aromatic nitrogens is 3. The predicted octanol–water partition coefficient (Wildman–Crippen LogP) is 3.76. The van der Waals surface area contributed by atoms with Gasteiger partial charge in [0.2, 0.25) is 0 Å². The fraction of sp³-hybridized carbons (Fsp3) is 0.0556. The summed E-state index contributed by atoms with van der Waals surface area (Å²) in [4.78, 5) is 25.1. The van der Waals surface area contributed by atoms with Gasteiger partial charge in [-0.1, -0.05) is 29.8 Å². The number of phenolic OH excluding ortho intramolecular Hbond substituents is 1. The Morgan fingerprint density at radius 1 is 1.22 bits per heavy atom. The number of halogens is 2. The van der Waals surface area contributed by atoms with Crippen LogP contribution in [-0.4, -0.2) is 19.9 Å². The molecule has 2 N–H and O–H groups in total. The van der Waals surface area contributed by atoms with Gasteiger partial charge in [-0.25, -0.2) is 4.79 Å². The third-order valence-corrected chi connectivity index (χ3v) is 4.15. The largest absolute Gasteiger partial charge is 0.507 e. The molecule has 7 nitrogen and oxygen atoms in total. The molecular formula is C18H13Cl2N3O4. The van der Waals surface area contributed by atoms with Crippen molar-refractivity contribution in [1.29, 1.82) is 0 Å². The summed E-state index contributed by atoms with van der Waals surface area (Å²) in [6.45, 7) is 5.55. The SMILES string of the molecule is C=C(C)c1cc(Oc2c(Cl)cc(-n3ncc(=O)[nH]c3=O)cc2Cl)ccc1O. The zero-order valence-corrected chi connectivity index (χ0v) is 15.5. The smallest absolute Gasteiger partial charge is 0.349 e. The molecule has 2 aromatic carbocycles. The van der Waals surface area contributed by atoms with Gasteiger partial charge < -0.3 is 9.84 Å². The lowest BCUT2D eigenvalue weighted by Crippen LogP contribution is -2.30. The summed E-state index contributed by atoms with van der Waals surface area (Å²) in [6, 6.07) is 7.48. The molecule has 0 amide bonds. The normalized spacial score (nSPS) is 10.6. The summed E-state index contributed by atoms with van der Waals surface area (Å²) in [5, 5.41) is 13.9. The van der Waals surface area contributed by atoms with Gasteiger partial charge in [0.1, 0.15) is 17.7 Å². The van der Waals surface area contributed by atoms with Crippen LogP contribution >= 0.6 is 23.2 Å². The Morgan fingerprint density at radius 3 is 2.48 bits per heavy atom. The number of benzene rings is 2. The van der Waals surface area contributed by atoms with Crippen LogP contribution in [0.15, 0.2) is 52.7 Å². The van der Waals surface area contributed by atoms with Crippen molar-refractivity contribution in [3.8, 4) is 22.9 Å². The summed E-state index contributed by atoms with van der Waals surface area (Å²) >= 11 is 12.5. The van der Waals surface area contributed by atoms with E-state index in [-0.39, 0.29) is 27.2 Å². The molecule has 9 heteroatoms. The van der Waals surface area contributed by atoms with Crippen LogP contribution in [-0.2, 0) is 0 Å². The molecule has 138 valence electrons. The molecule has 0 saturated heterocycles. The van der Waals surface area contributed by atoms with Crippen molar-refractivity contribution in [3.05, 3.63) is 79.6 Å². The Morgan fingerprint density at radius 2 is 1.89 bits per heavy atom. The van der Waals surface area contributed by atoms with E-state index in [1.54, 1.807) is 19.1 Å². The van der Waals surface area contributed by atoms with Crippen molar-refractivity contribution in [2.24, 2.45) is 0 Å². The summed E-state index contributed by atoms with van der Waals surface area (Å²) in [7, 11) is 0. The molecule has 0 aliphatic carbocycles. The van der Waals surface area contributed by atoms with E-state index in [1.807, 2.05) is 0 Å². The highest BCUT2D eigenvalue weighted by Gasteiger charge is 2.14. The number of allylic oxidation sites excluding steroid dienone is 1. The minimum absolute atomic E-state index is 0.0749. The van der Waals surface area contributed by atoms with Crippen molar-refractivity contribution < 1.29 is 9.84 Å². The molecule has 0 atom stereocenters. The van der Waals surface area contributed by atoms with E-state index >= 15 is 0 Å². The van der Waals surface area contributed by atoms with Gasteiger partial charge in [-0.3, -0.25) is 9.78 Å². The Kier molecular flexibility index (Phi) is 5.07. The summed E-state index contributed by atoms with van der Waals surface area (Å²) in [5.74, 6) is 0.630. The Bertz CT molecular complexity index is 1140. The van der Waals surface area contributed by atoms with Crippen molar-refractivity contribution in [2.45, 2.75) is 6.92 Å². The van der Waals surface area contributed by atoms with Gasteiger partial charge in [0.15, 0.2) is 5.75 Å². The van der Waals surface area contributed by atoms with Gasteiger partial charge in [-0.15, -0.1) is 0 Å². The molecule has 27 heavy (non-hydrogen) atoms. The average molecular weight is 406 g/mol. The van der Waals surface area contributed by atoms with E-state index in [2.05, 4.69) is 16.7 Å². The molecule has 0 aliphatic rings. The highest BCUT2D eigenvalue weighted by molar-refractivity contribution is 6.37. The fourth-order valence-corrected chi connectivity index (χ4v) is 2.89. The molecule has 0 radical (unpaired) electrons. The topological polar surface area (TPSA) is 97.2 Å². The van der Waals surface area contributed by atoms with Gasteiger partial charge >= 0.3 is 5.69 Å². The van der Waals surface area contributed by atoms with Gasteiger partial charge in [0, 0.05) is 5.56 Å². The maximum atomic E-state index is 11.9. The third kappa shape index (κ3) is 3.89. The minimum Gasteiger partial charge on any atom is -0.507 e. The van der Waals surface area contributed by atoms with Crippen LogP contribution in [0.2, 0.25) is 10.0 Å². The number of aromatic hydroxyl groups is 1. The Hall–Kier alpha value is -3.03. The second-order valence-corrected chi connectivity index (χ2v) is 6.47. The lowest BCUT2D eigenvalue weighted by molar-refractivity contribution is 0.463. The second-order valence-electron chi connectivity index (χ2n) is 5.65. The van der Waals surface area contributed by atoms with Crippen molar-refractivity contribution >= 4 is 28.8 Å². The number of aromatic amines is 1. The highest BCUT2D eigenvalue weighted by atomic mass is 35.5. The molecule has 0 spiro atoms. The van der Waals surface area contributed by atoms with Crippen molar-refractivity contribution in [2.75, 3.05) is 0 Å². The average Bonchev–Trinajstić information content (AvgIpc) is 2.59. The first-order valence-electron chi connectivity index (χ1n) is 7.61. The van der Waals surface area contributed by atoms with Gasteiger partial charge in [0.25, 0.3) is 5.56 Å². The first-order chi connectivity index (χ1) is 12.8. The molecule has 0 fully saturated rings. The van der Waals surface area contributed by atoms with Crippen LogP contribution in [0, 0.1) is 0 Å². The monoisotopic (exact) mass is 405 g/mol. The molecule has 1 heterocycles. The predicted molar refractivity (Wildman–Crippen MR) is 103 cm³/mol. The number of phenols is 1. The molecule has 0 bridgehead atoms. The van der Waals surface area contributed by atoms with E-state index < -0.39 is 11.2 Å². The van der Waals surface area contributed by atoms with Crippen molar-refractivity contribution in [3.63, 3.8) is 0 Å². The Labute approximate surface area is 163 Å². The fourth-order valence-electron chi connectivity index (χ4n) is 2.34. The Balaban J connectivity index is 2.01.